The SMILES string of the molecule is CCNC(=NCC1CCCCN1CC)NC1CCC(O)CC1.I. The molecule has 1 aliphatic heterocycles. The van der Waals surface area contributed by atoms with Crippen LogP contribution in [0, 0.1) is 0 Å². The molecule has 2 aliphatic rings. The number of guanidine groups is 1. The van der Waals surface area contributed by atoms with Gasteiger partial charge in [-0.1, -0.05) is 13.3 Å². The third-order valence-electron chi connectivity index (χ3n) is 5.00. The quantitative estimate of drug-likeness (QED) is 0.351. The van der Waals surface area contributed by atoms with Crippen molar-refractivity contribution in [2.24, 2.45) is 4.99 Å². The Hall–Kier alpha value is -0.0800. The van der Waals surface area contributed by atoms with Crippen molar-refractivity contribution in [2.45, 2.75) is 77.0 Å². The van der Waals surface area contributed by atoms with E-state index in [2.05, 4.69) is 29.4 Å². The van der Waals surface area contributed by atoms with Crippen molar-refractivity contribution in [3.8, 4) is 0 Å². The van der Waals surface area contributed by atoms with Gasteiger partial charge >= 0.3 is 0 Å². The van der Waals surface area contributed by atoms with Crippen LogP contribution in [-0.4, -0.2) is 60.3 Å². The summed E-state index contributed by atoms with van der Waals surface area (Å²) >= 11 is 0. The van der Waals surface area contributed by atoms with E-state index in [-0.39, 0.29) is 30.1 Å². The summed E-state index contributed by atoms with van der Waals surface area (Å²) in [4.78, 5) is 7.40. The van der Waals surface area contributed by atoms with Crippen molar-refractivity contribution in [2.75, 3.05) is 26.2 Å². The molecule has 1 heterocycles. The Kier molecular flexibility index (Phi) is 10.5. The molecule has 1 saturated carbocycles. The van der Waals surface area contributed by atoms with Gasteiger partial charge < -0.3 is 15.7 Å². The molecule has 0 aromatic carbocycles. The molecule has 5 nitrogen and oxygen atoms in total. The summed E-state index contributed by atoms with van der Waals surface area (Å²) in [5.41, 5.74) is 0. The zero-order valence-corrected chi connectivity index (χ0v) is 17.1. The molecule has 2 rings (SSSR count). The van der Waals surface area contributed by atoms with Crippen molar-refractivity contribution in [3.63, 3.8) is 0 Å². The zero-order valence-electron chi connectivity index (χ0n) is 14.8. The lowest BCUT2D eigenvalue weighted by Crippen LogP contribution is -2.46. The number of nitrogens with one attached hydrogen (secondary N) is 2. The first-order valence-electron chi connectivity index (χ1n) is 9.19. The van der Waals surface area contributed by atoms with Crippen LogP contribution in [0.15, 0.2) is 4.99 Å². The Bertz CT molecular complexity index is 345. The number of rotatable bonds is 5. The first kappa shape index (κ1) is 21.0. The highest BCUT2D eigenvalue weighted by molar-refractivity contribution is 14.0. The summed E-state index contributed by atoms with van der Waals surface area (Å²) in [6.45, 7) is 8.49. The minimum Gasteiger partial charge on any atom is -0.393 e. The van der Waals surface area contributed by atoms with E-state index in [1.54, 1.807) is 0 Å². The monoisotopic (exact) mass is 438 g/mol. The zero-order chi connectivity index (χ0) is 15.8. The van der Waals surface area contributed by atoms with E-state index in [9.17, 15) is 5.11 Å². The molecule has 0 spiro atoms. The average Bonchev–Trinajstić information content (AvgIpc) is 2.55. The highest BCUT2D eigenvalue weighted by Crippen LogP contribution is 2.19. The molecule has 136 valence electrons. The molecule has 1 atom stereocenters. The number of hydrogen-bond acceptors (Lipinski definition) is 3. The fourth-order valence-corrected chi connectivity index (χ4v) is 3.61. The van der Waals surface area contributed by atoms with Crippen LogP contribution in [-0.2, 0) is 0 Å². The highest BCUT2D eigenvalue weighted by atomic mass is 127. The molecular formula is C17H35IN4O. The molecule has 0 aromatic rings. The maximum atomic E-state index is 9.62. The normalized spacial score (nSPS) is 29.7. The van der Waals surface area contributed by atoms with Crippen LogP contribution < -0.4 is 10.6 Å². The number of aliphatic imine (C=N–C) groups is 1. The maximum Gasteiger partial charge on any atom is 0.191 e. The van der Waals surface area contributed by atoms with Crippen LogP contribution in [0.3, 0.4) is 0 Å². The van der Waals surface area contributed by atoms with Crippen molar-refractivity contribution < 1.29 is 5.11 Å². The number of aliphatic hydroxyl groups is 1. The predicted octanol–water partition coefficient (Wildman–Crippen LogP) is 2.34. The Morgan fingerprint density at radius 1 is 1.13 bits per heavy atom. The molecule has 0 radical (unpaired) electrons. The molecule has 1 saturated heterocycles. The number of likely N-dealkylation sites (N-methyl/N-ethyl adjacent to an activating group) is 1. The largest absolute Gasteiger partial charge is 0.393 e. The number of nitrogens with zero attached hydrogens (tertiary/aromatic N) is 2. The number of halogens is 1. The first-order chi connectivity index (χ1) is 10.7. The molecule has 1 aliphatic carbocycles. The van der Waals surface area contributed by atoms with Crippen LogP contribution in [0.2, 0.25) is 0 Å². The summed E-state index contributed by atoms with van der Waals surface area (Å²) in [5.74, 6) is 0.950. The van der Waals surface area contributed by atoms with Gasteiger partial charge in [0.15, 0.2) is 5.96 Å². The third-order valence-corrected chi connectivity index (χ3v) is 5.00. The molecule has 3 N–H and O–H groups in total. The van der Waals surface area contributed by atoms with Gasteiger partial charge in [-0.3, -0.25) is 9.89 Å². The Morgan fingerprint density at radius 2 is 1.87 bits per heavy atom. The lowest BCUT2D eigenvalue weighted by atomic mass is 9.93. The van der Waals surface area contributed by atoms with Gasteiger partial charge in [0.2, 0.25) is 0 Å². The van der Waals surface area contributed by atoms with Gasteiger partial charge in [0.1, 0.15) is 0 Å². The summed E-state index contributed by atoms with van der Waals surface area (Å²) in [6.07, 6.45) is 7.72. The van der Waals surface area contributed by atoms with Crippen molar-refractivity contribution >= 4 is 29.9 Å². The predicted molar refractivity (Wildman–Crippen MR) is 108 cm³/mol. The smallest absolute Gasteiger partial charge is 0.191 e. The van der Waals surface area contributed by atoms with Crippen LogP contribution >= 0.6 is 24.0 Å². The minimum atomic E-state index is -0.0991. The van der Waals surface area contributed by atoms with Crippen LogP contribution in [0.25, 0.3) is 0 Å². The third kappa shape index (κ3) is 7.13. The van der Waals surface area contributed by atoms with Crippen LogP contribution in [0.4, 0.5) is 0 Å². The molecular weight excluding hydrogens is 403 g/mol. The number of likely N-dealkylation sites (tertiary alicyclic amines) is 1. The van der Waals surface area contributed by atoms with E-state index in [0.29, 0.717) is 12.1 Å². The van der Waals surface area contributed by atoms with Gasteiger partial charge in [0.25, 0.3) is 0 Å². The maximum absolute atomic E-state index is 9.62. The highest BCUT2D eigenvalue weighted by Gasteiger charge is 2.22. The van der Waals surface area contributed by atoms with Crippen LogP contribution in [0.1, 0.15) is 58.8 Å². The number of hydrogen-bond donors (Lipinski definition) is 3. The second-order valence-electron chi connectivity index (χ2n) is 6.65. The van der Waals surface area contributed by atoms with Crippen molar-refractivity contribution in [1.29, 1.82) is 0 Å². The molecule has 1 unspecified atom stereocenters. The van der Waals surface area contributed by atoms with Gasteiger partial charge in [-0.15, -0.1) is 24.0 Å². The number of aliphatic hydroxyl groups excluding tert-OH is 1. The van der Waals surface area contributed by atoms with Gasteiger partial charge in [0.05, 0.1) is 12.6 Å². The lowest BCUT2D eigenvalue weighted by molar-refractivity contribution is 0.120. The van der Waals surface area contributed by atoms with Gasteiger partial charge in [0, 0.05) is 18.6 Å². The lowest BCUT2D eigenvalue weighted by Gasteiger charge is -2.34. The average molecular weight is 438 g/mol. The van der Waals surface area contributed by atoms with Gasteiger partial charge in [-0.2, -0.15) is 0 Å². The van der Waals surface area contributed by atoms with E-state index in [0.717, 1.165) is 51.3 Å². The fourth-order valence-electron chi connectivity index (χ4n) is 3.61. The second kappa shape index (κ2) is 11.5. The summed E-state index contributed by atoms with van der Waals surface area (Å²) in [7, 11) is 0. The first-order valence-corrected chi connectivity index (χ1v) is 9.19. The molecule has 0 amide bonds. The van der Waals surface area contributed by atoms with E-state index < -0.39 is 0 Å². The van der Waals surface area contributed by atoms with E-state index >= 15 is 0 Å². The Labute approximate surface area is 158 Å². The topological polar surface area (TPSA) is 59.9 Å². The molecule has 0 aromatic heterocycles. The van der Waals surface area contributed by atoms with Crippen LogP contribution in [0.5, 0.6) is 0 Å². The molecule has 0 bridgehead atoms. The van der Waals surface area contributed by atoms with E-state index in [1.807, 2.05) is 0 Å². The van der Waals surface area contributed by atoms with Crippen molar-refractivity contribution in [1.82, 2.24) is 15.5 Å². The second-order valence-corrected chi connectivity index (χ2v) is 6.65. The number of piperidine rings is 1. The van der Waals surface area contributed by atoms with E-state index in [4.69, 9.17) is 4.99 Å². The Balaban J connectivity index is 0.00000264. The standard InChI is InChI=1S/C17H34N4O.HI/c1-3-18-17(20-14-8-10-16(22)11-9-14)19-13-15-7-5-6-12-21(15)4-2;/h14-16,22H,3-13H2,1-2H3,(H2,18,19,20);1H. The molecule has 23 heavy (non-hydrogen) atoms. The Morgan fingerprint density at radius 3 is 2.52 bits per heavy atom. The summed E-state index contributed by atoms with van der Waals surface area (Å²) < 4.78 is 0. The van der Waals surface area contributed by atoms with Gasteiger partial charge in [-0.05, 0) is 58.5 Å². The van der Waals surface area contributed by atoms with E-state index in [1.165, 1.54) is 25.8 Å². The summed E-state index contributed by atoms with van der Waals surface area (Å²) in [5, 5.41) is 16.5. The summed E-state index contributed by atoms with van der Waals surface area (Å²) in [6, 6.07) is 1.05. The molecule has 6 heteroatoms. The van der Waals surface area contributed by atoms with Crippen molar-refractivity contribution in [3.05, 3.63) is 0 Å². The van der Waals surface area contributed by atoms with Gasteiger partial charge in [-0.25, -0.2) is 0 Å². The minimum absolute atomic E-state index is 0. The fraction of sp³-hybridized carbons (Fsp3) is 0.941. The molecule has 2 fully saturated rings.